The first kappa shape index (κ1) is 12.9. The van der Waals surface area contributed by atoms with Gasteiger partial charge in [0.1, 0.15) is 18.4 Å². The maximum Gasteiger partial charge on any atom is 0.321 e. The minimum Gasteiger partial charge on any atom is -0.492 e. The summed E-state index contributed by atoms with van der Waals surface area (Å²) in [7, 11) is 0. The highest BCUT2D eigenvalue weighted by Gasteiger charge is 2.36. The van der Waals surface area contributed by atoms with Crippen molar-refractivity contribution >= 4 is 5.97 Å². The lowest BCUT2D eigenvalue weighted by Crippen LogP contribution is -2.41. The van der Waals surface area contributed by atoms with Crippen LogP contribution in [-0.2, 0) is 4.79 Å². The van der Waals surface area contributed by atoms with Gasteiger partial charge in [-0.05, 0) is 31.0 Å². The van der Waals surface area contributed by atoms with Gasteiger partial charge in [-0.15, -0.1) is 0 Å². The highest BCUT2D eigenvalue weighted by Crippen LogP contribution is 2.23. The molecule has 1 saturated heterocycles. The van der Waals surface area contributed by atoms with E-state index in [0.29, 0.717) is 13.2 Å². The van der Waals surface area contributed by atoms with Crippen molar-refractivity contribution in [1.29, 1.82) is 0 Å². The molecule has 1 heterocycles. The van der Waals surface area contributed by atoms with E-state index in [9.17, 15) is 9.90 Å². The van der Waals surface area contributed by atoms with Crippen molar-refractivity contribution in [3.05, 3.63) is 30.3 Å². The Morgan fingerprint density at radius 3 is 2.83 bits per heavy atom. The SMILES string of the molecule is CC1CCN(CCOc2ccccc2)C1C(=O)O. The van der Waals surface area contributed by atoms with Crippen molar-refractivity contribution in [3.8, 4) is 5.75 Å². The Balaban J connectivity index is 1.81. The van der Waals surface area contributed by atoms with E-state index in [0.717, 1.165) is 18.7 Å². The first-order valence-corrected chi connectivity index (χ1v) is 6.33. The first-order chi connectivity index (χ1) is 8.68. The molecule has 1 aromatic carbocycles. The van der Waals surface area contributed by atoms with Gasteiger partial charge in [-0.3, -0.25) is 9.69 Å². The van der Waals surface area contributed by atoms with Crippen molar-refractivity contribution in [2.24, 2.45) is 5.92 Å². The van der Waals surface area contributed by atoms with Crippen LogP contribution in [0.5, 0.6) is 5.75 Å². The van der Waals surface area contributed by atoms with Crippen LogP contribution in [0.3, 0.4) is 0 Å². The van der Waals surface area contributed by atoms with Gasteiger partial charge in [0.2, 0.25) is 0 Å². The number of benzene rings is 1. The van der Waals surface area contributed by atoms with Crippen molar-refractivity contribution in [2.75, 3.05) is 19.7 Å². The maximum absolute atomic E-state index is 11.2. The third-order valence-electron chi connectivity index (χ3n) is 3.45. The van der Waals surface area contributed by atoms with Crippen LogP contribution in [0.1, 0.15) is 13.3 Å². The number of aliphatic carboxylic acids is 1. The molecule has 1 aliphatic heterocycles. The number of carbonyl (C=O) groups is 1. The van der Waals surface area contributed by atoms with E-state index < -0.39 is 5.97 Å². The fourth-order valence-corrected chi connectivity index (χ4v) is 2.47. The second-order valence-corrected chi connectivity index (χ2v) is 4.75. The van der Waals surface area contributed by atoms with Crippen molar-refractivity contribution in [3.63, 3.8) is 0 Å². The van der Waals surface area contributed by atoms with Gasteiger partial charge in [0.25, 0.3) is 0 Å². The smallest absolute Gasteiger partial charge is 0.321 e. The van der Waals surface area contributed by atoms with Gasteiger partial charge in [-0.1, -0.05) is 25.1 Å². The molecule has 4 heteroatoms. The van der Waals surface area contributed by atoms with Crippen LogP contribution in [0.15, 0.2) is 30.3 Å². The van der Waals surface area contributed by atoms with E-state index in [4.69, 9.17) is 4.74 Å². The average molecular weight is 249 g/mol. The summed E-state index contributed by atoms with van der Waals surface area (Å²) in [6, 6.07) is 9.24. The summed E-state index contributed by atoms with van der Waals surface area (Å²) in [6.45, 7) is 4.03. The molecule has 1 N–H and O–H groups in total. The van der Waals surface area contributed by atoms with Crippen LogP contribution in [0, 0.1) is 5.92 Å². The second-order valence-electron chi connectivity index (χ2n) is 4.75. The molecular weight excluding hydrogens is 230 g/mol. The molecule has 0 spiro atoms. The van der Waals surface area contributed by atoms with Crippen LogP contribution in [-0.4, -0.2) is 41.7 Å². The molecule has 0 bridgehead atoms. The fourth-order valence-electron chi connectivity index (χ4n) is 2.47. The summed E-state index contributed by atoms with van der Waals surface area (Å²) in [5, 5.41) is 9.19. The molecule has 18 heavy (non-hydrogen) atoms. The number of rotatable bonds is 5. The minimum absolute atomic E-state index is 0.222. The van der Waals surface area contributed by atoms with Gasteiger partial charge in [0.05, 0.1) is 0 Å². The number of hydrogen-bond donors (Lipinski definition) is 1. The minimum atomic E-state index is -0.722. The van der Waals surface area contributed by atoms with Gasteiger partial charge in [-0.25, -0.2) is 0 Å². The topological polar surface area (TPSA) is 49.8 Å². The highest BCUT2D eigenvalue weighted by molar-refractivity contribution is 5.74. The number of ether oxygens (including phenoxy) is 1. The van der Waals surface area contributed by atoms with Crippen LogP contribution < -0.4 is 4.74 Å². The molecule has 0 radical (unpaired) electrons. The number of carboxylic acids is 1. The van der Waals surface area contributed by atoms with Crippen molar-refractivity contribution in [2.45, 2.75) is 19.4 Å². The molecule has 1 fully saturated rings. The predicted octanol–water partition coefficient (Wildman–Crippen LogP) is 1.86. The first-order valence-electron chi connectivity index (χ1n) is 6.33. The predicted molar refractivity (Wildman–Crippen MR) is 68.7 cm³/mol. The van der Waals surface area contributed by atoms with E-state index in [-0.39, 0.29) is 12.0 Å². The molecule has 2 rings (SSSR count). The number of hydrogen-bond acceptors (Lipinski definition) is 3. The Kier molecular flexibility index (Phi) is 4.20. The fraction of sp³-hybridized carbons (Fsp3) is 0.500. The molecule has 0 aromatic heterocycles. The lowest BCUT2D eigenvalue weighted by molar-refractivity contribution is -0.143. The van der Waals surface area contributed by atoms with Gasteiger partial charge >= 0.3 is 5.97 Å². The molecule has 0 amide bonds. The molecule has 0 aliphatic carbocycles. The molecule has 2 unspecified atom stereocenters. The molecule has 98 valence electrons. The Hall–Kier alpha value is -1.55. The third kappa shape index (κ3) is 3.01. The maximum atomic E-state index is 11.2. The summed E-state index contributed by atoms with van der Waals surface area (Å²) in [6.07, 6.45) is 0.947. The highest BCUT2D eigenvalue weighted by atomic mass is 16.5. The lowest BCUT2D eigenvalue weighted by atomic mass is 10.0. The van der Waals surface area contributed by atoms with Crippen LogP contribution >= 0.6 is 0 Å². The van der Waals surface area contributed by atoms with Crippen LogP contribution in [0.4, 0.5) is 0 Å². The summed E-state index contributed by atoms with van der Waals surface area (Å²) in [4.78, 5) is 13.2. The van der Waals surface area contributed by atoms with E-state index in [2.05, 4.69) is 0 Å². The molecule has 2 atom stereocenters. The molecule has 1 aromatic rings. The zero-order chi connectivity index (χ0) is 13.0. The zero-order valence-electron chi connectivity index (χ0n) is 10.6. The summed E-state index contributed by atoms with van der Waals surface area (Å²) in [5.74, 6) is 0.329. The molecule has 0 saturated carbocycles. The van der Waals surface area contributed by atoms with E-state index >= 15 is 0 Å². The summed E-state index contributed by atoms with van der Waals surface area (Å²) >= 11 is 0. The zero-order valence-corrected chi connectivity index (χ0v) is 10.6. The standard InChI is InChI=1S/C14H19NO3/c1-11-7-8-15(13(11)14(16)17)9-10-18-12-5-3-2-4-6-12/h2-6,11,13H,7-10H2,1H3,(H,16,17). The quantitative estimate of drug-likeness (QED) is 0.865. The largest absolute Gasteiger partial charge is 0.492 e. The Morgan fingerprint density at radius 2 is 2.17 bits per heavy atom. The van der Waals surface area contributed by atoms with E-state index in [1.165, 1.54) is 0 Å². The Morgan fingerprint density at radius 1 is 1.44 bits per heavy atom. The monoisotopic (exact) mass is 249 g/mol. The van der Waals surface area contributed by atoms with Crippen molar-refractivity contribution < 1.29 is 14.6 Å². The summed E-state index contributed by atoms with van der Waals surface area (Å²) < 4.78 is 5.60. The Labute approximate surface area is 107 Å². The van der Waals surface area contributed by atoms with Gasteiger partial charge in [0, 0.05) is 6.54 Å². The van der Waals surface area contributed by atoms with Gasteiger partial charge < -0.3 is 9.84 Å². The number of carboxylic acid groups (broad SMARTS) is 1. The second kappa shape index (κ2) is 5.87. The van der Waals surface area contributed by atoms with Crippen LogP contribution in [0.25, 0.3) is 0 Å². The van der Waals surface area contributed by atoms with Gasteiger partial charge in [-0.2, -0.15) is 0 Å². The number of nitrogens with zero attached hydrogens (tertiary/aromatic N) is 1. The van der Waals surface area contributed by atoms with E-state index in [1.807, 2.05) is 42.2 Å². The third-order valence-corrected chi connectivity index (χ3v) is 3.45. The van der Waals surface area contributed by atoms with E-state index in [1.54, 1.807) is 0 Å². The number of para-hydroxylation sites is 1. The molecule has 4 nitrogen and oxygen atoms in total. The average Bonchev–Trinajstić information content (AvgIpc) is 2.72. The number of likely N-dealkylation sites (tertiary alicyclic amines) is 1. The van der Waals surface area contributed by atoms with Gasteiger partial charge in [0.15, 0.2) is 0 Å². The molecule has 1 aliphatic rings. The molecular formula is C14H19NO3. The van der Waals surface area contributed by atoms with Crippen molar-refractivity contribution in [1.82, 2.24) is 4.90 Å². The lowest BCUT2D eigenvalue weighted by Gasteiger charge is -2.22. The normalized spacial score (nSPS) is 24.1. The van der Waals surface area contributed by atoms with Crippen LogP contribution in [0.2, 0.25) is 0 Å². The Bertz CT molecular complexity index is 393. The summed E-state index contributed by atoms with van der Waals surface area (Å²) in [5.41, 5.74) is 0.